The first kappa shape index (κ1) is 7.74. The van der Waals surface area contributed by atoms with Crippen molar-refractivity contribution in [2.75, 3.05) is 0 Å². The zero-order valence-electron chi connectivity index (χ0n) is 6.87. The highest BCUT2D eigenvalue weighted by molar-refractivity contribution is 5.36. The van der Waals surface area contributed by atoms with E-state index in [2.05, 4.69) is 0 Å². The summed E-state index contributed by atoms with van der Waals surface area (Å²) < 4.78 is 13.4. The number of alkyl halides is 1. The highest BCUT2D eigenvalue weighted by atomic mass is 19.1. The Morgan fingerprint density at radius 2 is 1.83 bits per heavy atom. The molecule has 1 aromatic carbocycles. The van der Waals surface area contributed by atoms with Gasteiger partial charge in [-0.3, -0.25) is 0 Å². The number of halogens is 1. The fraction of sp³-hybridized carbons (Fsp3) is 0.400. The van der Waals surface area contributed by atoms with Gasteiger partial charge in [0.05, 0.1) is 6.10 Å². The lowest BCUT2D eigenvalue weighted by Gasteiger charge is -2.09. The van der Waals surface area contributed by atoms with E-state index in [1.54, 1.807) is 25.1 Å². The van der Waals surface area contributed by atoms with Crippen molar-refractivity contribution in [3.63, 3.8) is 0 Å². The number of hydrogen-bond acceptors (Lipinski definition) is 1. The monoisotopic (exact) mass is 166 g/mol. The molecule has 0 radical (unpaired) electrons. The molecule has 0 heterocycles. The third-order valence-corrected chi connectivity index (χ3v) is 2.57. The molecule has 0 fully saturated rings. The van der Waals surface area contributed by atoms with E-state index in [0.29, 0.717) is 5.56 Å². The molecule has 0 amide bonds. The van der Waals surface area contributed by atoms with Gasteiger partial charge >= 0.3 is 0 Å². The number of hydrogen-bond donors (Lipinski definition) is 1. The normalized spacial score (nSPS) is 33.4. The van der Waals surface area contributed by atoms with Gasteiger partial charge in [-0.2, -0.15) is 0 Å². The maximum atomic E-state index is 13.4. The van der Waals surface area contributed by atoms with Crippen LogP contribution in [0.25, 0.3) is 0 Å². The van der Waals surface area contributed by atoms with Gasteiger partial charge in [0.1, 0.15) is 6.17 Å². The molecule has 0 aromatic heterocycles. The molecule has 1 nitrogen and oxygen atoms in total. The van der Waals surface area contributed by atoms with Crippen molar-refractivity contribution >= 4 is 0 Å². The van der Waals surface area contributed by atoms with Crippen molar-refractivity contribution in [3.8, 4) is 0 Å². The van der Waals surface area contributed by atoms with Crippen LogP contribution in [0.5, 0.6) is 0 Å². The van der Waals surface area contributed by atoms with Gasteiger partial charge in [-0.25, -0.2) is 4.39 Å². The summed E-state index contributed by atoms with van der Waals surface area (Å²) in [4.78, 5) is 0. The van der Waals surface area contributed by atoms with Crippen LogP contribution in [0.1, 0.15) is 30.3 Å². The van der Waals surface area contributed by atoms with E-state index in [9.17, 15) is 9.50 Å². The molecule has 0 bridgehead atoms. The summed E-state index contributed by atoms with van der Waals surface area (Å²) >= 11 is 0. The molecule has 3 unspecified atom stereocenters. The second-order valence-electron chi connectivity index (χ2n) is 3.33. The Kier molecular flexibility index (Phi) is 1.65. The van der Waals surface area contributed by atoms with E-state index in [-0.39, 0.29) is 5.92 Å². The SMILES string of the molecule is CC1C(O)c2ccccc2C1F. The van der Waals surface area contributed by atoms with Crippen LogP contribution in [-0.4, -0.2) is 5.11 Å². The van der Waals surface area contributed by atoms with Crippen molar-refractivity contribution < 1.29 is 9.50 Å². The summed E-state index contributed by atoms with van der Waals surface area (Å²) in [5, 5.41) is 9.58. The Labute approximate surface area is 70.8 Å². The second kappa shape index (κ2) is 2.56. The summed E-state index contributed by atoms with van der Waals surface area (Å²) in [6.45, 7) is 1.73. The molecule has 0 aliphatic heterocycles. The minimum absolute atomic E-state index is 0.303. The van der Waals surface area contributed by atoms with Gasteiger partial charge in [0.2, 0.25) is 0 Å². The van der Waals surface area contributed by atoms with Crippen LogP contribution in [0.4, 0.5) is 4.39 Å². The Morgan fingerprint density at radius 1 is 1.25 bits per heavy atom. The molecular formula is C10H11FO. The number of rotatable bonds is 0. The lowest BCUT2D eigenvalue weighted by molar-refractivity contribution is 0.0890. The molecule has 1 N–H and O–H groups in total. The first-order valence-electron chi connectivity index (χ1n) is 4.13. The molecule has 3 atom stereocenters. The molecule has 1 aliphatic rings. The van der Waals surface area contributed by atoms with Gasteiger partial charge in [-0.15, -0.1) is 0 Å². The average molecular weight is 166 g/mol. The molecule has 12 heavy (non-hydrogen) atoms. The predicted molar refractivity (Wildman–Crippen MR) is 44.4 cm³/mol. The average Bonchev–Trinajstić information content (AvgIpc) is 2.33. The smallest absolute Gasteiger partial charge is 0.131 e. The lowest BCUT2D eigenvalue weighted by atomic mass is 10.1. The van der Waals surface area contributed by atoms with Crippen LogP contribution in [-0.2, 0) is 0 Å². The van der Waals surface area contributed by atoms with E-state index in [1.165, 1.54) is 0 Å². The maximum absolute atomic E-state index is 13.4. The topological polar surface area (TPSA) is 20.2 Å². The molecule has 2 rings (SSSR count). The van der Waals surface area contributed by atoms with Crippen molar-refractivity contribution in [2.45, 2.75) is 19.2 Å². The molecule has 2 heteroatoms. The van der Waals surface area contributed by atoms with Gasteiger partial charge in [0.15, 0.2) is 0 Å². The van der Waals surface area contributed by atoms with E-state index >= 15 is 0 Å². The molecule has 1 aliphatic carbocycles. The fourth-order valence-corrected chi connectivity index (χ4v) is 1.76. The fourth-order valence-electron chi connectivity index (χ4n) is 1.76. The van der Waals surface area contributed by atoms with E-state index in [0.717, 1.165) is 5.56 Å². The van der Waals surface area contributed by atoms with E-state index in [4.69, 9.17) is 0 Å². The first-order valence-corrected chi connectivity index (χ1v) is 4.13. The number of fused-ring (bicyclic) bond motifs is 1. The van der Waals surface area contributed by atoms with Gasteiger partial charge in [-0.1, -0.05) is 31.2 Å². The first-order chi connectivity index (χ1) is 5.72. The number of aliphatic hydroxyl groups excluding tert-OH is 1. The third-order valence-electron chi connectivity index (χ3n) is 2.57. The number of aliphatic hydroxyl groups is 1. The molecular weight excluding hydrogens is 155 g/mol. The van der Waals surface area contributed by atoms with Crippen LogP contribution < -0.4 is 0 Å². The van der Waals surface area contributed by atoms with Gasteiger partial charge in [-0.05, 0) is 11.1 Å². The quantitative estimate of drug-likeness (QED) is 0.627. The second-order valence-corrected chi connectivity index (χ2v) is 3.33. The molecule has 0 spiro atoms. The maximum Gasteiger partial charge on any atom is 0.131 e. The summed E-state index contributed by atoms with van der Waals surface area (Å²) in [5.74, 6) is -0.303. The standard InChI is InChI=1S/C10H11FO/c1-6-9(11)7-4-2-3-5-8(7)10(6)12/h2-6,9-10,12H,1H3. The van der Waals surface area contributed by atoms with Crippen molar-refractivity contribution in [2.24, 2.45) is 5.92 Å². The van der Waals surface area contributed by atoms with Crippen molar-refractivity contribution in [3.05, 3.63) is 35.4 Å². The van der Waals surface area contributed by atoms with Gasteiger partial charge < -0.3 is 5.11 Å². The van der Waals surface area contributed by atoms with Crippen LogP contribution >= 0.6 is 0 Å². The summed E-state index contributed by atoms with van der Waals surface area (Å²) in [6.07, 6.45) is -1.63. The Balaban J connectivity index is 2.52. The summed E-state index contributed by atoms with van der Waals surface area (Å²) in [7, 11) is 0. The number of benzene rings is 1. The van der Waals surface area contributed by atoms with Crippen LogP contribution in [0, 0.1) is 5.92 Å². The Morgan fingerprint density at radius 3 is 2.42 bits per heavy atom. The molecule has 64 valence electrons. The minimum Gasteiger partial charge on any atom is -0.388 e. The van der Waals surface area contributed by atoms with Crippen molar-refractivity contribution in [1.82, 2.24) is 0 Å². The highest BCUT2D eigenvalue weighted by Gasteiger charge is 2.36. The van der Waals surface area contributed by atoms with Crippen LogP contribution in [0.2, 0.25) is 0 Å². The highest BCUT2D eigenvalue weighted by Crippen LogP contribution is 2.45. The third kappa shape index (κ3) is 0.879. The molecule has 0 saturated carbocycles. The minimum atomic E-state index is -1.00. The predicted octanol–water partition coefficient (Wildman–Crippen LogP) is 2.38. The molecule has 1 aromatic rings. The van der Waals surface area contributed by atoms with E-state index in [1.807, 2.05) is 6.07 Å². The zero-order chi connectivity index (χ0) is 8.72. The van der Waals surface area contributed by atoms with Crippen molar-refractivity contribution in [1.29, 1.82) is 0 Å². The van der Waals surface area contributed by atoms with Gasteiger partial charge in [0.25, 0.3) is 0 Å². The van der Waals surface area contributed by atoms with Crippen LogP contribution in [0.3, 0.4) is 0 Å². The summed E-state index contributed by atoms with van der Waals surface area (Å²) in [6, 6.07) is 7.16. The van der Waals surface area contributed by atoms with Gasteiger partial charge in [0, 0.05) is 5.92 Å². The lowest BCUT2D eigenvalue weighted by Crippen LogP contribution is -2.03. The Hall–Kier alpha value is -0.890. The van der Waals surface area contributed by atoms with E-state index < -0.39 is 12.3 Å². The van der Waals surface area contributed by atoms with Crippen LogP contribution in [0.15, 0.2) is 24.3 Å². The molecule has 0 saturated heterocycles. The summed E-state index contributed by atoms with van der Waals surface area (Å²) in [5.41, 5.74) is 1.40. The Bertz CT molecular complexity index is 269. The zero-order valence-corrected chi connectivity index (χ0v) is 6.87. The largest absolute Gasteiger partial charge is 0.388 e.